The van der Waals surface area contributed by atoms with E-state index in [-0.39, 0.29) is 29.3 Å². The summed E-state index contributed by atoms with van der Waals surface area (Å²) in [5.41, 5.74) is -0.576. The van der Waals surface area contributed by atoms with E-state index in [0.29, 0.717) is 13.6 Å². The molecule has 0 radical (unpaired) electrons. The molecule has 0 aromatic carbocycles. The Morgan fingerprint density at radius 1 is 0.812 bits per heavy atom. The topological polar surface area (TPSA) is 36.9 Å². The van der Waals surface area contributed by atoms with Crippen molar-refractivity contribution >= 4 is 0 Å². The molecule has 3 atom stereocenters. The van der Waals surface area contributed by atoms with Crippen molar-refractivity contribution in [2.45, 2.75) is 58.5 Å². The number of hydrogen-bond donors (Lipinski definition) is 0. The molecule has 1 spiro atoms. The van der Waals surface area contributed by atoms with Crippen LogP contribution in [0, 0.1) is 5.41 Å². The quantitative estimate of drug-likeness (QED) is 0.637. The van der Waals surface area contributed by atoms with Crippen molar-refractivity contribution in [1.29, 1.82) is 0 Å². The Bertz CT molecular complexity index is 240. The molecule has 0 aromatic heterocycles. The average molecular weight is 230 g/mol. The van der Waals surface area contributed by atoms with Crippen LogP contribution in [0.25, 0.3) is 0 Å². The molecule has 2 saturated heterocycles. The molecule has 2 aliphatic rings. The van der Waals surface area contributed by atoms with Gasteiger partial charge < -0.3 is 18.9 Å². The molecule has 4 nitrogen and oxygen atoms in total. The maximum absolute atomic E-state index is 5.79. The highest BCUT2D eigenvalue weighted by atomic mass is 16.7. The van der Waals surface area contributed by atoms with Gasteiger partial charge in [-0.05, 0) is 34.6 Å². The van der Waals surface area contributed by atoms with E-state index in [9.17, 15) is 0 Å². The molecule has 4 heteroatoms. The van der Waals surface area contributed by atoms with E-state index in [1.807, 2.05) is 0 Å². The smallest absolute Gasteiger partial charge is 0.147 e. The number of rotatable bonds is 0. The minimum atomic E-state index is -0.316. The summed E-state index contributed by atoms with van der Waals surface area (Å²) in [5, 5.41) is 0. The second-order valence-corrected chi connectivity index (χ2v) is 5.25. The van der Waals surface area contributed by atoms with Crippen molar-refractivity contribution in [3.63, 3.8) is 0 Å². The highest BCUT2D eigenvalue weighted by molar-refractivity contribution is 5.08. The fourth-order valence-electron chi connectivity index (χ4n) is 3.53. The third-order valence-electron chi connectivity index (χ3n) is 4.43. The van der Waals surface area contributed by atoms with Gasteiger partial charge in [-0.15, -0.1) is 0 Å². The lowest BCUT2D eigenvalue weighted by Crippen LogP contribution is -2.69. The molecule has 16 heavy (non-hydrogen) atoms. The van der Waals surface area contributed by atoms with Gasteiger partial charge in [0.1, 0.15) is 13.6 Å². The van der Waals surface area contributed by atoms with Gasteiger partial charge in [-0.25, -0.2) is 0 Å². The summed E-state index contributed by atoms with van der Waals surface area (Å²) in [7, 11) is 0. The zero-order chi connectivity index (χ0) is 12.0. The van der Waals surface area contributed by atoms with Crippen LogP contribution in [0.2, 0.25) is 0 Å². The molecule has 3 unspecified atom stereocenters. The predicted molar refractivity (Wildman–Crippen MR) is 59.0 cm³/mol. The molecule has 0 saturated carbocycles. The number of hydrogen-bond acceptors (Lipinski definition) is 4. The van der Waals surface area contributed by atoms with Crippen LogP contribution in [0.15, 0.2) is 0 Å². The van der Waals surface area contributed by atoms with Gasteiger partial charge in [-0.1, -0.05) is 0 Å². The van der Waals surface area contributed by atoms with Gasteiger partial charge >= 0.3 is 0 Å². The molecule has 2 fully saturated rings. The first-order chi connectivity index (χ1) is 7.43. The molecule has 0 aromatic rings. The molecule has 0 aliphatic carbocycles. The first kappa shape index (κ1) is 12.3. The van der Waals surface area contributed by atoms with E-state index < -0.39 is 0 Å². The molecule has 0 N–H and O–H groups in total. The lowest BCUT2D eigenvalue weighted by Gasteiger charge is -2.59. The highest BCUT2D eigenvalue weighted by Gasteiger charge is 2.62. The maximum atomic E-state index is 5.79. The summed E-state index contributed by atoms with van der Waals surface area (Å²) >= 11 is 0. The van der Waals surface area contributed by atoms with Crippen molar-refractivity contribution in [2.75, 3.05) is 13.6 Å². The van der Waals surface area contributed by atoms with Gasteiger partial charge in [0.25, 0.3) is 0 Å². The second-order valence-electron chi connectivity index (χ2n) is 5.25. The molecule has 0 amide bonds. The average Bonchev–Trinajstić information content (AvgIpc) is 2.15. The molecular weight excluding hydrogens is 208 g/mol. The van der Waals surface area contributed by atoms with Crippen molar-refractivity contribution in [3.8, 4) is 0 Å². The second kappa shape index (κ2) is 3.95. The van der Waals surface area contributed by atoms with Crippen LogP contribution in [0.4, 0.5) is 0 Å². The minimum Gasteiger partial charge on any atom is -0.352 e. The predicted octanol–water partition coefficient (Wildman–Crippen LogP) is 1.93. The summed E-state index contributed by atoms with van der Waals surface area (Å²) in [5.74, 6) is 0. The summed E-state index contributed by atoms with van der Waals surface area (Å²) < 4.78 is 22.8. The van der Waals surface area contributed by atoms with Crippen LogP contribution in [0.5, 0.6) is 0 Å². The van der Waals surface area contributed by atoms with Crippen LogP contribution < -0.4 is 0 Å². The molecular formula is C12H22O4. The van der Waals surface area contributed by atoms with Crippen LogP contribution >= 0.6 is 0 Å². The summed E-state index contributed by atoms with van der Waals surface area (Å²) in [6.07, 6.45) is 0.171. The van der Waals surface area contributed by atoms with Crippen molar-refractivity contribution in [2.24, 2.45) is 5.41 Å². The van der Waals surface area contributed by atoms with Gasteiger partial charge in [0.05, 0.1) is 29.3 Å². The molecule has 0 bridgehead atoms. The minimum absolute atomic E-state index is 0.0570. The van der Waals surface area contributed by atoms with Gasteiger partial charge in [0.15, 0.2) is 0 Å². The van der Waals surface area contributed by atoms with E-state index in [1.54, 1.807) is 0 Å². The summed E-state index contributed by atoms with van der Waals surface area (Å²) in [6, 6.07) is 0. The van der Waals surface area contributed by atoms with Crippen molar-refractivity contribution in [1.82, 2.24) is 0 Å². The van der Waals surface area contributed by atoms with Crippen LogP contribution in [-0.2, 0) is 18.9 Å². The van der Waals surface area contributed by atoms with Crippen molar-refractivity contribution < 1.29 is 18.9 Å². The molecule has 2 aliphatic heterocycles. The maximum Gasteiger partial charge on any atom is 0.147 e. The van der Waals surface area contributed by atoms with Crippen molar-refractivity contribution in [3.05, 3.63) is 0 Å². The van der Waals surface area contributed by atoms with Crippen LogP contribution in [0.3, 0.4) is 0 Å². The standard InChI is InChI=1S/C12H22O4/c1-8-12(9(2)14-6-13-8)10(3)15-7-16-11(12,4)5/h8-10H,6-7H2,1-5H3. The molecule has 2 rings (SSSR count). The highest BCUT2D eigenvalue weighted by Crippen LogP contribution is 2.51. The summed E-state index contributed by atoms with van der Waals surface area (Å²) in [4.78, 5) is 0. The fourth-order valence-corrected chi connectivity index (χ4v) is 3.53. The van der Waals surface area contributed by atoms with E-state index in [0.717, 1.165) is 0 Å². The van der Waals surface area contributed by atoms with Gasteiger partial charge in [-0.2, -0.15) is 0 Å². The van der Waals surface area contributed by atoms with E-state index >= 15 is 0 Å². The van der Waals surface area contributed by atoms with E-state index in [2.05, 4.69) is 34.6 Å². The Kier molecular flexibility index (Phi) is 3.03. The zero-order valence-corrected chi connectivity index (χ0v) is 10.8. The zero-order valence-electron chi connectivity index (χ0n) is 10.8. The Morgan fingerprint density at radius 2 is 1.25 bits per heavy atom. The normalized spacial score (nSPS) is 48.2. The third kappa shape index (κ3) is 1.44. The fraction of sp³-hybridized carbons (Fsp3) is 1.00. The first-order valence-corrected chi connectivity index (χ1v) is 5.91. The van der Waals surface area contributed by atoms with Crippen LogP contribution in [-0.4, -0.2) is 37.5 Å². The first-order valence-electron chi connectivity index (χ1n) is 5.91. The molecule has 2 heterocycles. The largest absolute Gasteiger partial charge is 0.352 e. The van der Waals surface area contributed by atoms with Gasteiger partial charge in [0.2, 0.25) is 0 Å². The Balaban J connectivity index is 2.43. The Hall–Kier alpha value is -0.160. The Morgan fingerprint density at radius 3 is 1.69 bits per heavy atom. The SMILES string of the molecule is CC1OCOC(C)C12C(C)OCOC2(C)C. The van der Waals surface area contributed by atoms with E-state index in [4.69, 9.17) is 18.9 Å². The van der Waals surface area contributed by atoms with Gasteiger partial charge in [-0.3, -0.25) is 0 Å². The van der Waals surface area contributed by atoms with E-state index in [1.165, 1.54) is 0 Å². The molecule has 94 valence electrons. The lowest BCUT2D eigenvalue weighted by atomic mass is 9.62. The number of ether oxygens (including phenoxy) is 4. The monoisotopic (exact) mass is 230 g/mol. The lowest BCUT2D eigenvalue weighted by molar-refractivity contribution is -0.369. The third-order valence-corrected chi connectivity index (χ3v) is 4.43. The Labute approximate surface area is 97.2 Å². The van der Waals surface area contributed by atoms with Gasteiger partial charge in [0, 0.05) is 0 Å². The van der Waals surface area contributed by atoms with Crippen LogP contribution in [0.1, 0.15) is 34.6 Å². The summed E-state index contributed by atoms with van der Waals surface area (Å²) in [6.45, 7) is 11.1.